The van der Waals surface area contributed by atoms with Gasteiger partial charge in [0.2, 0.25) is 5.50 Å². The molecule has 0 aromatic heterocycles. The predicted octanol–water partition coefficient (Wildman–Crippen LogP) is 3.58. The number of halogens is 2. The van der Waals surface area contributed by atoms with Crippen molar-refractivity contribution >= 4 is 34.7 Å². The van der Waals surface area contributed by atoms with Gasteiger partial charge in [0.05, 0.1) is 5.69 Å². The summed E-state index contributed by atoms with van der Waals surface area (Å²) in [6.45, 7) is 1.36. The molecule has 0 radical (unpaired) electrons. The van der Waals surface area contributed by atoms with Gasteiger partial charge in [0.15, 0.2) is 5.78 Å². The molecule has 1 aromatic rings. The Morgan fingerprint density at radius 1 is 1.50 bits per heavy atom. The fraction of sp³-hybridized carbons (Fsp3) is 0.222. The van der Waals surface area contributed by atoms with E-state index in [0.29, 0.717) is 10.7 Å². The molecule has 0 aliphatic heterocycles. The Hall–Kier alpha value is -0.930. The predicted molar refractivity (Wildman–Crippen MR) is 56.3 cm³/mol. The van der Waals surface area contributed by atoms with Crippen molar-refractivity contribution in [3.63, 3.8) is 0 Å². The van der Waals surface area contributed by atoms with E-state index in [1.807, 2.05) is 0 Å². The van der Waals surface area contributed by atoms with Gasteiger partial charge in [-0.25, -0.2) is 0 Å². The summed E-state index contributed by atoms with van der Waals surface area (Å²) in [6, 6.07) is 6.82. The van der Waals surface area contributed by atoms with E-state index < -0.39 is 5.50 Å². The average molecular weight is 231 g/mol. The lowest BCUT2D eigenvalue weighted by Gasteiger charge is -1.96. The van der Waals surface area contributed by atoms with Crippen molar-refractivity contribution in [2.45, 2.75) is 12.4 Å². The SMILES string of the molecule is CC(=O)C(Cl)N=Nc1cccc(Cl)c1. The molecule has 0 N–H and O–H groups in total. The molecule has 0 bridgehead atoms. The molecule has 1 aromatic carbocycles. The highest BCUT2D eigenvalue weighted by Crippen LogP contribution is 2.18. The van der Waals surface area contributed by atoms with Crippen molar-refractivity contribution in [2.24, 2.45) is 10.2 Å². The van der Waals surface area contributed by atoms with Gasteiger partial charge in [-0.05, 0) is 25.1 Å². The summed E-state index contributed by atoms with van der Waals surface area (Å²) in [7, 11) is 0. The van der Waals surface area contributed by atoms with Crippen LogP contribution in [0.2, 0.25) is 5.02 Å². The van der Waals surface area contributed by atoms with Crippen molar-refractivity contribution in [1.82, 2.24) is 0 Å². The van der Waals surface area contributed by atoms with Crippen LogP contribution in [0.1, 0.15) is 6.92 Å². The Morgan fingerprint density at radius 3 is 2.79 bits per heavy atom. The highest BCUT2D eigenvalue weighted by molar-refractivity contribution is 6.31. The Morgan fingerprint density at radius 2 is 2.21 bits per heavy atom. The highest BCUT2D eigenvalue weighted by Gasteiger charge is 2.06. The number of hydrogen-bond donors (Lipinski definition) is 0. The number of azo groups is 1. The summed E-state index contributed by atoms with van der Waals surface area (Å²) < 4.78 is 0. The van der Waals surface area contributed by atoms with E-state index in [1.165, 1.54) is 6.92 Å². The second-order valence-corrected chi connectivity index (χ2v) is 3.49. The normalized spacial score (nSPS) is 13.1. The third kappa shape index (κ3) is 3.44. The van der Waals surface area contributed by atoms with E-state index >= 15 is 0 Å². The number of nitrogens with zero attached hydrogens (tertiary/aromatic N) is 2. The van der Waals surface area contributed by atoms with Crippen LogP contribution < -0.4 is 0 Å². The molecule has 74 valence electrons. The van der Waals surface area contributed by atoms with Crippen LogP contribution >= 0.6 is 23.2 Å². The summed E-state index contributed by atoms with van der Waals surface area (Å²) >= 11 is 11.3. The largest absolute Gasteiger partial charge is 0.296 e. The van der Waals surface area contributed by atoms with Crippen molar-refractivity contribution < 1.29 is 4.79 Å². The molecule has 14 heavy (non-hydrogen) atoms. The minimum Gasteiger partial charge on any atom is -0.296 e. The first-order valence-electron chi connectivity index (χ1n) is 3.90. The van der Waals surface area contributed by atoms with Crippen molar-refractivity contribution in [3.05, 3.63) is 29.3 Å². The van der Waals surface area contributed by atoms with Crippen LogP contribution in [0.5, 0.6) is 0 Å². The van der Waals surface area contributed by atoms with Gasteiger partial charge in [-0.15, -0.1) is 0 Å². The van der Waals surface area contributed by atoms with Gasteiger partial charge in [0.1, 0.15) is 0 Å². The van der Waals surface area contributed by atoms with Crippen LogP contribution in [-0.4, -0.2) is 11.3 Å². The third-order valence-electron chi connectivity index (χ3n) is 1.42. The number of hydrogen-bond acceptors (Lipinski definition) is 3. The molecule has 0 fully saturated rings. The second-order valence-electron chi connectivity index (χ2n) is 2.64. The lowest BCUT2D eigenvalue weighted by molar-refractivity contribution is -0.116. The van der Waals surface area contributed by atoms with Crippen LogP contribution in [0.3, 0.4) is 0 Å². The molecule has 1 atom stereocenters. The first-order chi connectivity index (χ1) is 6.59. The molecule has 0 heterocycles. The average Bonchev–Trinajstić information content (AvgIpc) is 2.14. The summed E-state index contributed by atoms with van der Waals surface area (Å²) in [6.07, 6.45) is 0. The van der Waals surface area contributed by atoms with Crippen LogP contribution in [0.25, 0.3) is 0 Å². The van der Waals surface area contributed by atoms with Crippen LogP contribution in [0.4, 0.5) is 5.69 Å². The smallest absolute Gasteiger partial charge is 0.202 e. The molecule has 3 nitrogen and oxygen atoms in total. The Bertz CT molecular complexity index is 366. The fourth-order valence-corrected chi connectivity index (χ4v) is 0.965. The first kappa shape index (κ1) is 11.1. The molecule has 0 spiro atoms. The van der Waals surface area contributed by atoms with E-state index in [4.69, 9.17) is 23.2 Å². The fourth-order valence-electron chi connectivity index (χ4n) is 0.737. The molecule has 1 unspecified atom stereocenters. The van der Waals surface area contributed by atoms with Gasteiger partial charge < -0.3 is 0 Å². The monoisotopic (exact) mass is 230 g/mol. The van der Waals surface area contributed by atoms with Gasteiger partial charge >= 0.3 is 0 Å². The maximum atomic E-state index is 10.7. The molecule has 1 rings (SSSR count). The van der Waals surface area contributed by atoms with Crippen molar-refractivity contribution in [2.75, 3.05) is 0 Å². The lowest BCUT2D eigenvalue weighted by Crippen LogP contribution is -2.04. The minimum absolute atomic E-state index is 0.238. The van der Waals surface area contributed by atoms with E-state index in [-0.39, 0.29) is 5.78 Å². The number of alkyl halides is 1. The molecule has 0 amide bonds. The van der Waals surface area contributed by atoms with E-state index in [1.54, 1.807) is 24.3 Å². The van der Waals surface area contributed by atoms with E-state index in [9.17, 15) is 4.79 Å². The van der Waals surface area contributed by atoms with Gasteiger partial charge in [-0.2, -0.15) is 10.2 Å². The highest BCUT2D eigenvalue weighted by atomic mass is 35.5. The standard InChI is InChI=1S/C9H8Cl2N2O/c1-6(14)9(11)13-12-8-4-2-3-7(10)5-8/h2-5,9H,1H3. The number of rotatable bonds is 3. The topological polar surface area (TPSA) is 41.8 Å². The number of carbonyl (C=O) groups excluding carboxylic acids is 1. The molecule has 0 saturated carbocycles. The Kier molecular flexibility index (Phi) is 4.04. The zero-order valence-corrected chi connectivity index (χ0v) is 8.96. The quantitative estimate of drug-likeness (QED) is 0.445. The summed E-state index contributed by atoms with van der Waals surface area (Å²) in [5, 5.41) is 7.96. The third-order valence-corrected chi connectivity index (χ3v) is 2.05. The maximum Gasteiger partial charge on any atom is 0.202 e. The van der Waals surface area contributed by atoms with Gasteiger partial charge in [-0.3, -0.25) is 4.79 Å². The van der Waals surface area contributed by atoms with Gasteiger partial charge in [0.25, 0.3) is 0 Å². The van der Waals surface area contributed by atoms with Gasteiger partial charge in [-0.1, -0.05) is 29.3 Å². The number of Topliss-reactive ketones (excluding diaryl/α,β-unsaturated/α-hetero) is 1. The van der Waals surface area contributed by atoms with E-state index in [2.05, 4.69) is 10.2 Å². The zero-order valence-electron chi connectivity index (χ0n) is 7.45. The van der Waals surface area contributed by atoms with Crippen LogP contribution in [0.15, 0.2) is 34.5 Å². The zero-order chi connectivity index (χ0) is 10.6. The minimum atomic E-state index is -0.922. The molecule has 0 saturated heterocycles. The first-order valence-corrected chi connectivity index (χ1v) is 4.72. The Balaban J connectivity index is 2.73. The molecular formula is C9H8Cl2N2O. The van der Waals surface area contributed by atoms with Crippen molar-refractivity contribution in [3.8, 4) is 0 Å². The summed E-state index contributed by atoms with van der Waals surface area (Å²) in [5.41, 5.74) is -0.349. The number of carbonyl (C=O) groups is 1. The molecule has 0 aliphatic carbocycles. The summed E-state index contributed by atoms with van der Waals surface area (Å²) in [4.78, 5) is 10.7. The number of ketones is 1. The molecular weight excluding hydrogens is 223 g/mol. The maximum absolute atomic E-state index is 10.7. The van der Waals surface area contributed by atoms with Crippen LogP contribution in [0, 0.1) is 0 Å². The lowest BCUT2D eigenvalue weighted by atomic mass is 10.3. The van der Waals surface area contributed by atoms with Gasteiger partial charge in [0, 0.05) is 5.02 Å². The van der Waals surface area contributed by atoms with E-state index in [0.717, 1.165) is 0 Å². The molecule has 5 heteroatoms. The Labute approximate surface area is 91.7 Å². The van der Waals surface area contributed by atoms with Crippen molar-refractivity contribution in [1.29, 1.82) is 0 Å². The second kappa shape index (κ2) is 5.08. The summed E-state index contributed by atoms with van der Waals surface area (Å²) in [5.74, 6) is -0.238. The van der Waals surface area contributed by atoms with Crippen LogP contribution in [-0.2, 0) is 4.79 Å². The molecule has 0 aliphatic rings. The number of benzene rings is 1.